The lowest BCUT2D eigenvalue weighted by Gasteiger charge is -2.35. The fourth-order valence-electron chi connectivity index (χ4n) is 4.46. The molecule has 37 heavy (non-hydrogen) atoms. The Labute approximate surface area is 214 Å². The van der Waals surface area contributed by atoms with Crippen LogP contribution in [0.2, 0.25) is 0 Å². The molecule has 2 atom stereocenters. The van der Waals surface area contributed by atoms with E-state index in [4.69, 9.17) is 4.74 Å². The molecule has 0 unspecified atom stereocenters. The van der Waals surface area contributed by atoms with Crippen LogP contribution in [0.5, 0.6) is 5.75 Å². The summed E-state index contributed by atoms with van der Waals surface area (Å²) in [5.74, 6) is -0.985. The van der Waals surface area contributed by atoms with Crippen LogP contribution in [0.15, 0.2) is 41.6 Å². The van der Waals surface area contributed by atoms with Crippen LogP contribution in [0.25, 0.3) is 16.5 Å². The number of carbonyl (C=O) groups is 1. The highest BCUT2D eigenvalue weighted by Crippen LogP contribution is 2.30. The summed E-state index contributed by atoms with van der Waals surface area (Å²) < 4.78 is 21.9. The Morgan fingerprint density at radius 1 is 1.30 bits per heavy atom. The summed E-state index contributed by atoms with van der Waals surface area (Å²) in [4.78, 5) is 37.1. The van der Waals surface area contributed by atoms with Crippen molar-refractivity contribution in [2.45, 2.75) is 39.0 Å². The van der Waals surface area contributed by atoms with Crippen molar-refractivity contribution in [2.24, 2.45) is 0 Å². The molecule has 1 N–H and O–H groups in total. The van der Waals surface area contributed by atoms with Crippen molar-refractivity contribution in [1.82, 2.24) is 23.8 Å². The second-order valence-corrected chi connectivity index (χ2v) is 10.1. The molecular weight excluding hydrogens is 499 g/mol. The van der Waals surface area contributed by atoms with E-state index in [1.807, 2.05) is 19.9 Å². The Kier molecular flexibility index (Phi) is 6.49. The number of thiazole rings is 1. The van der Waals surface area contributed by atoms with Crippen LogP contribution in [0.3, 0.4) is 0 Å². The number of morpholine rings is 1. The molecule has 0 saturated carbocycles. The van der Waals surface area contributed by atoms with Crippen LogP contribution in [0.1, 0.15) is 29.9 Å². The number of benzene rings is 1. The molecule has 1 amide bonds. The molecule has 1 saturated heterocycles. The van der Waals surface area contributed by atoms with Gasteiger partial charge in [0.15, 0.2) is 5.69 Å². The zero-order valence-corrected chi connectivity index (χ0v) is 20.9. The SMILES string of the molecule is C[C@@H]1CN(C(=O)Cn2ccn3c(=O)c(O)c(-c4ncc(Cc5ccc(F)cc5C#N)s4)nc23)C[C@H](C)O1. The van der Waals surface area contributed by atoms with Crippen molar-refractivity contribution in [1.29, 1.82) is 5.26 Å². The van der Waals surface area contributed by atoms with Crippen LogP contribution in [-0.2, 0) is 22.5 Å². The number of aromatic nitrogens is 4. The molecule has 1 aliphatic heterocycles. The number of imidazole rings is 1. The third-order valence-electron chi connectivity index (χ3n) is 6.12. The molecule has 12 heteroatoms. The lowest BCUT2D eigenvalue weighted by atomic mass is 10.1. The van der Waals surface area contributed by atoms with Gasteiger partial charge in [-0.3, -0.25) is 9.59 Å². The zero-order valence-electron chi connectivity index (χ0n) is 20.1. The van der Waals surface area contributed by atoms with Gasteiger partial charge in [-0.1, -0.05) is 6.07 Å². The molecule has 4 aromatic rings. The van der Waals surface area contributed by atoms with E-state index in [9.17, 15) is 24.3 Å². The molecule has 1 fully saturated rings. The van der Waals surface area contributed by atoms with Crippen LogP contribution >= 0.6 is 11.3 Å². The Balaban J connectivity index is 1.44. The second kappa shape index (κ2) is 9.76. The average molecular weight is 523 g/mol. The van der Waals surface area contributed by atoms with Crippen LogP contribution in [-0.4, -0.2) is 60.1 Å². The summed E-state index contributed by atoms with van der Waals surface area (Å²) in [5, 5.41) is 20.2. The summed E-state index contributed by atoms with van der Waals surface area (Å²) in [7, 11) is 0. The van der Waals surface area contributed by atoms with E-state index >= 15 is 0 Å². The Hall–Kier alpha value is -4.08. The second-order valence-electron chi connectivity index (χ2n) is 8.99. The molecule has 0 bridgehead atoms. The average Bonchev–Trinajstić information content (AvgIpc) is 3.49. The Morgan fingerprint density at radius 3 is 2.78 bits per heavy atom. The van der Waals surface area contributed by atoms with Crippen molar-refractivity contribution in [3.05, 3.63) is 69.0 Å². The standard InChI is InChI=1S/C25H23FN6O4S/c1-14-11-31(12-15(2)36-14)20(33)13-30-5-6-32-24(35)22(34)21(29-25(30)32)23-28-10-19(37-23)8-16-3-4-18(26)7-17(16)9-27/h3-7,10,14-15,34H,8,11-13H2,1-2H3/t14-,15+. The Morgan fingerprint density at radius 2 is 2.05 bits per heavy atom. The van der Waals surface area contributed by atoms with Crippen LogP contribution < -0.4 is 5.56 Å². The van der Waals surface area contributed by atoms with E-state index in [1.165, 1.54) is 34.1 Å². The zero-order chi connectivity index (χ0) is 26.3. The van der Waals surface area contributed by atoms with Gasteiger partial charge in [0.1, 0.15) is 17.4 Å². The van der Waals surface area contributed by atoms with Crippen molar-refractivity contribution in [3.8, 4) is 22.5 Å². The molecule has 4 heterocycles. The van der Waals surface area contributed by atoms with E-state index in [-0.39, 0.29) is 41.7 Å². The maximum absolute atomic E-state index is 13.5. The number of rotatable bonds is 5. The molecule has 1 aliphatic rings. The van der Waals surface area contributed by atoms with Crippen LogP contribution in [0, 0.1) is 17.1 Å². The lowest BCUT2D eigenvalue weighted by molar-refractivity contribution is -0.143. The van der Waals surface area contributed by atoms with Gasteiger partial charge in [-0.05, 0) is 31.5 Å². The van der Waals surface area contributed by atoms with E-state index < -0.39 is 17.1 Å². The fourth-order valence-corrected chi connectivity index (χ4v) is 5.38. The summed E-state index contributed by atoms with van der Waals surface area (Å²) in [6.45, 7) is 4.75. The number of halogens is 1. The quantitative estimate of drug-likeness (QED) is 0.427. The fraction of sp³-hybridized carbons (Fsp3) is 0.320. The summed E-state index contributed by atoms with van der Waals surface area (Å²) in [6, 6.07) is 5.99. The lowest BCUT2D eigenvalue weighted by Crippen LogP contribution is -2.49. The normalized spacial score (nSPS) is 17.7. The first kappa shape index (κ1) is 24.6. The number of fused-ring (bicyclic) bond motifs is 1. The maximum atomic E-state index is 13.5. The smallest absolute Gasteiger partial charge is 0.302 e. The maximum Gasteiger partial charge on any atom is 0.302 e. The first-order valence-corrected chi connectivity index (χ1v) is 12.4. The van der Waals surface area contributed by atoms with E-state index in [1.54, 1.807) is 27.9 Å². The molecule has 0 spiro atoms. The summed E-state index contributed by atoms with van der Waals surface area (Å²) >= 11 is 1.20. The number of ether oxygens (including phenoxy) is 1. The van der Waals surface area contributed by atoms with Crippen LogP contribution in [0.4, 0.5) is 4.39 Å². The van der Waals surface area contributed by atoms with Gasteiger partial charge in [0.05, 0.1) is 23.8 Å². The minimum absolute atomic E-state index is 0.00174. The van der Waals surface area contributed by atoms with E-state index in [0.717, 1.165) is 4.88 Å². The number of carbonyl (C=O) groups excluding carboxylic acids is 1. The predicted molar refractivity (Wildman–Crippen MR) is 133 cm³/mol. The Bertz CT molecular complexity index is 1590. The number of aromatic hydroxyl groups is 1. The first-order chi connectivity index (χ1) is 17.7. The van der Waals surface area contributed by atoms with Crippen molar-refractivity contribution < 1.29 is 19.0 Å². The molecule has 0 aliphatic carbocycles. The monoisotopic (exact) mass is 522 g/mol. The third-order valence-corrected chi connectivity index (χ3v) is 7.12. The number of nitriles is 1. The highest BCUT2D eigenvalue weighted by atomic mass is 32.1. The number of amides is 1. The number of hydrogen-bond donors (Lipinski definition) is 1. The first-order valence-electron chi connectivity index (χ1n) is 11.6. The highest BCUT2D eigenvalue weighted by molar-refractivity contribution is 7.15. The van der Waals surface area contributed by atoms with Gasteiger partial charge in [-0.25, -0.2) is 18.8 Å². The highest BCUT2D eigenvalue weighted by Gasteiger charge is 2.27. The molecule has 3 aromatic heterocycles. The minimum Gasteiger partial charge on any atom is -0.501 e. The van der Waals surface area contributed by atoms with Crippen molar-refractivity contribution >= 4 is 23.0 Å². The third kappa shape index (κ3) is 4.83. The molecule has 5 rings (SSSR count). The summed E-state index contributed by atoms with van der Waals surface area (Å²) in [5.41, 5.74) is 0.178. The van der Waals surface area contributed by atoms with E-state index in [0.29, 0.717) is 30.1 Å². The molecule has 1 aromatic carbocycles. The molecule has 190 valence electrons. The van der Waals surface area contributed by atoms with Gasteiger partial charge in [0, 0.05) is 43.0 Å². The van der Waals surface area contributed by atoms with Gasteiger partial charge in [0.2, 0.25) is 17.4 Å². The molecule has 10 nitrogen and oxygen atoms in total. The molecular formula is C25H23FN6O4S. The minimum atomic E-state index is -0.679. The largest absolute Gasteiger partial charge is 0.501 e. The van der Waals surface area contributed by atoms with Gasteiger partial charge in [-0.15, -0.1) is 11.3 Å². The summed E-state index contributed by atoms with van der Waals surface area (Å²) in [6.07, 6.45) is 4.77. The van der Waals surface area contributed by atoms with Gasteiger partial charge < -0.3 is 19.3 Å². The van der Waals surface area contributed by atoms with Gasteiger partial charge >= 0.3 is 5.56 Å². The molecule has 0 radical (unpaired) electrons. The van der Waals surface area contributed by atoms with Crippen molar-refractivity contribution in [2.75, 3.05) is 13.1 Å². The van der Waals surface area contributed by atoms with Gasteiger partial charge in [-0.2, -0.15) is 5.26 Å². The van der Waals surface area contributed by atoms with Gasteiger partial charge in [0.25, 0.3) is 0 Å². The van der Waals surface area contributed by atoms with Crippen molar-refractivity contribution in [3.63, 3.8) is 0 Å². The van der Waals surface area contributed by atoms with E-state index in [2.05, 4.69) is 9.97 Å². The predicted octanol–water partition coefficient (Wildman–Crippen LogP) is 2.56. The topological polar surface area (TPSA) is 126 Å². The number of nitrogens with zero attached hydrogens (tertiary/aromatic N) is 6. The number of hydrogen-bond acceptors (Lipinski definition) is 8.